The molecular weight excluding hydrogens is 180 g/mol. The van der Waals surface area contributed by atoms with E-state index in [2.05, 4.69) is 18.2 Å². The summed E-state index contributed by atoms with van der Waals surface area (Å²) in [4.78, 5) is 0. The van der Waals surface area contributed by atoms with Gasteiger partial charge in [-0.2, -0.15) is 0 Å². The van der Waals surface area contributed by atoms with Crippen molar-refractivity contribution in [3.8, 4) is 0 Å². The highest BCUT2D eigenvalue weighted by atomic mass is 32.2. The van der Waals surface area contributed by atoms with Crippen LogP contribution in [0.2, 0.25) is 0 Å². The molecular formula is C11H14OS. The quantitative estimate of drug-likeness (QED) is 0.722. The number of hydrogen-bond acceptors (Lipinski definition) is 1. The van der Waals surface area contributed by atoms with Gasteiger partial charge in [0.05, 0.1) is 0 Å². The fraction of sp³-hybridized carbons (Fsp3) is 0.455. The summed E-state index contributed by atoms with van der Waals surface area (Å²) in [5.74, 6) is 1.48. The Labute approximate surface area is 81.6 Å². The molecule has 1 aliphatic carbocycles. The Morgan fingerprint density at radius 3 is 2.69 bits per heavy atom. The molecule has 0 heterocycles. The predicted octanol–water partition coefficient (Wildman–Crippen LogP) is 2.44. The van der Waals surface area contributed by atoms with Crippen LogP contribution in [-0.2, 0) is 16.6 Å². The summed E-state index contributed by atoms with van der Waals surface area (Å²) in [6, 6.07) is 8.40. The van der Waals surface area contributed by atoms with Crippen LogP contribution >= 0.6 is 0 Å². The third kappa shape index (κ3) is 2.19. The molecule has 1 saturated carbocycles. The van der Waals surface area contributed by atoms with Gasteiger partial charge in [0.1, 0.15) is 0 Å². The summed E-state index contributed by atoms with van der Waals surface area (Å²) >= 11 is 0. The molecule has 0 saturated heterocycles. The molecule has 1 aromatic rings. The lowest BCUT2D eigenvalue weighted by molar-refractivity contribution is 0.686. The molecule has 1 aliphatic rings. The fourth-order valence-electron chi connectivity index (χ4n) is 1.68. The summed E-state index contributed by atoms with van der Waals surface area (Å²) < 4.78 is 11.1. The van der Waals surface area contributed by atoms with Crippen molar-refractivity contribution in [2.45, 2.75) is 24.5 Å². The Bertz CT molecular complexity index is 329. The molecule has 2 rings (SSSR count). The largest absolute Gasteiger partial charge is 0.260 e. The van der Waals surface area contributed by atoms with E-state index in [1.165, 1.54) is 24.0 Å². The van der Waals surface area contributed by atoms with Crippen molar-refractivity contribution in [1.82, 2.24) is 0 Å². The van der Waals surface area contributed by atoms with E-state index in [0.29, 0.717) is 5.75 Å². The van der Waals surface area contributed by atoms with Crippen molar-refractivity contribution in [2.24, 2.45) is 0 Å². The fourth-order valence-corrected chi connectivity index (χ4v) is 2.38. The van der Waals surface area contributed by atoms with E-state index >= 15 is 0 Å². The van der Waals surface area contributed by atoms with Crippen LogP contribution in [0.5, 0.6) is 0 Å². The molecule has 0 N–H and O–H groups in total. The lowest BCUT2D eigenvalue weighted by Gasteiger charge is -2.05. The lowest BCUT2D eigenvalue weighted by Crippen LogP contribution is -1.96. The van der Waals surface area contributed by atoms with Crippen molar-refractivity contribution < 1.29 is 4.21 Å². The zero-order valence-corrected chi connectivity index (χ0v) is 8.64. The number of benzene rings is 1. The van der Waals surface area contributed by atoms with Crippen LogP contribution < -0.4 is 0 Å². The zero-order chi connectivity index (χ0) is 9.26. The van der Waals surface area contributed by atoms with Crippen molar-refractivity contribution in [1.29, 1.82) is 0 Å². The first kappa shape index (κ1) is 8.95. The molecule has 70 valence electrons. The summed E-state index contributed by atoms with van der Waals surface area (Å²) in [7, 11) is -0.716. The molecule has 0 aromatic heterocycles. The summed E-state index contributed by atoms with van der Waals surface area (Å²) in [5.41, 5.74) is 2.71. The summed E-state index contributed by atoms with van der Waals surface area (Å²) in [6.07, 6.45) is 4.39. The average Bonchev–Trinajstić information content (AvgIpc) is 2.87. The number of hydrogen-bond donors (Lipinski definition) is 0. The molecule has 1 unspecified atom stereocenters. The normalized spacial score (nSPS) is 18.5. The minimum Gasteiger partial charge on any atom is -0.260 e. The van der Waals surface area contributed by atoms with E-state index in [1.807, 2.05) is 6.07 Å². The molecule has 0 bridgehead atoms. The van der Waals surface area contributed by atoms with Crippen LogP contribution in [-0.4, -0.2) is 10.5 Å². The van der Waals surface area contributed by atoms with Crippen LogP contribution in [0.15, 0.2) is 24.3 Å². The highest BCUT2D eigenvalue weighted by Gasteiger charge is 2.25. The van der Waals surface area contributed by atoms with Gasteiger partial charge in [0, 0.05) is 22.8 Å². The summed E-state index contributed by atoms with van der Waals surface area (Å²) in [5, 5.41) is 0. The van der Waals surface area contributed by atoms with Gasteiger partial charge in [-0.05, 0) is 29.9 Å². The topological polar surface area (TPSA) is 17.1 Å². The lowest BCUT2D eigenvalue weighted by atomic mass is 10.1. The highest BCUT2D eigenvalue weighted by Crippen LogP contribution is 2.41. The number of rotatable bonds is 3. The van der Waals surface area contributed by atoms with Gasteiger partial charge in [-0.15, -0.1) is 0 Å². The second-order valence-corrected chi connectivity index (χ2v) is 5.13. The third-order valence-electron chi connectivity index (χ3n) is 2.43. The van der Waals surface area contributed by atoms with Crippen LogP contribution in [0.25, 0.3) is 0 Å². The van der Waals surface area contributed by atoms with Gasteiger partial charge < -0.3 is 0 Å². The van der Waals surface area contributed by atoms with Crippen LogP contribution in [0.4, 0.5) is 0 Å². The minimum atomic E-state index is -0.716. The van der Waals surface area contributed by atoms with Gasteiger partial charge in [0.25, 0.3) is 0 Å². The van der Waals surface area contributed by atoms with Crippen molar-refractivity contribution >= 4 is 10.8 Å². The first-order chi connectivity index (χ1) is 6.27. The van der Waals surface area contributed by atoms with Gasteiger partial charge >= 0.3 is 0 Å². The molecule has 0 radical (unpaired) electrons. The Morgan fingerprint density at radius 1 is 1.38 bits per heavy atom. The molecule has 13 heavy (non-hydrogen) atoms. The molecule has 1 fully saturated rings. The maximum atomic E-state index is 11.1. The van der Waals surface area contributed by atoms with Gasteiger partial charge in [0.2, 0.25) is 0 Å². The first-order valence-electron chi connectivity index (χ1n) is 4.65. The van der Waals surface area contributed by atoms with Crippen LogP contribution in [0, 0.1) is 0 Å². The maximum absolute atomic E-state index is 11.1. The Morgan fingerprint density at radius 2 is 2.08 bits per heavy atom. The predicted molar refractivity (Wildman–Crippen MR) is 56.2 cm³/mol. The van der Waals surface area contributed by atoms with Crippen molar-refractivity contribution in [2.75, 3.05) is 6.26 Å². The molecule has 1 nitrogen and oxygen atoms in total. The summed E-state index contributed by atoms with van der Waals surface area (Å²) in [6.45, 7) is 0. The van der Waals surface area contributed by atoms with Crippen molar-refractivity contribution in [3.63, 3.8) is 0 Å². The zero-order valence-electron chi connectivity index (χ0n) is 7.82. The van der Waals surface area contributed by atoms with Gasteiger partial charge in [-0.1, -0.05) is 24.3 Å². The Hall–Kier alpha value is -0.630. The van der Waals surface area contributed by atoms with Gasteiger partial charge in [0.15, 0.2) is 0 Å². The van der Waals surface area contributed by atoms with E-state index < -0.39 is 10.8 Å². The molecule has 1 aromatic carbocycles. The van der Waals surface area contributed by atoms with Crippen LogP contribution in [0.3, 0.4) is 0 Å². The molecule has 1 atom stereocenters. The Balaban J connectivity index is 2.26. The third-order valence-corrected chi connectivity index (χ3v) is 3.15. The van der Waals surface area contributed by atoms with Crippen LogP contribution in [0.1, 0.15) is 29.9 Å². The maximum Gasteiger partial charge on any atom is 0.0485 e. The van der Waals surface area contributed by atoms with Gasteiger partial charge in [-0.3, -0.25) is 4.21 Å². The molecule has 0 amide bonds. The Kier molecular flexibility index (Phi) is 2.49. The monoisotopic (exact) mass is 194 g/mol. The highest BCUT2D eigenvalue weighted by molar-refractivity contribution is 7.83. The smallest absolute Gasteiger partial charge is 0.0485 e. The SMILES string of the molecule is CS(=O)Cc1ccccc1C1CC1. The van der Waals surface area contributed by atoms with E-state index in [4.69, 9.17) is 0 Å². The second kappa shape index (κ2) is 3.62. The van der Waals surface area contributed by atoms with E-state index in [0.717, 1.165) is 5.92 Å². The molecule has 0 spiro atoms. The van der Waals surface area contributed by atoms with E-state index in [-0.39, 0.29) is 0 Å². The first-order valence-corrected chi connectivity index (χ1v) is 6.38. The van der Waals surface area contributed by atoms with E-state index in [1.54, 1.807) is 6.26 Å². The molecule has 0 aliphatic heterocycles. The average molecular weight is 194 g/mol. The second-order valence-electron chi connectivity index (χ2n) is 3.69. The molecule has 2 heteroatoms. The van der Waals surface area contributed by atoms with Gasteiger partial charge in [-0.25, -0.2) is 0 Å². The standard InChI is InChI=1S/C11H14OS/c1-13(12)8-10-4-2-3-5-11(10)9-6-7-9/h2-5,9H,6-8H2,1H3. The van der Waals surface area contributed by atoms with E-state index in [9.17, 15) is 4.21 Å². The van der Waals surface area contributed by atoms with Crippen molar-refractivity contribution in [3.05, 3.63) is 35.4 Å². The minimum absolute atomic E-state index is 0.715.